The minimum Gasteiger partial charge on any atom is -0.457 e. The molecule has 12 heteroatoms. The number of ether oxygens (including phenoxy) is 3. The van der Waals surface area contributed by atoms with Gasteiger partial charge in [0.15, 0.2) is 6.61 Å². The minimum absolute atomic E-state index is 0.00496. The Bertz CT molecular complexity index is 2240. The molecule has 3 aromatic rings. The number of rotatable bonds is 8. The van der Waals surface area contributed by atoms with Gasteiger partial charge in [-0.05, 0) is 122 Å². The summed E-state index contributed by atoms with van der Waals surface area (Å²) in [5.74, 6) is -1.35. The van der Waals surface area contributed by atoms with Crippen LogP contribution in [-0.4, -0.2) is 67.7 Å². The van der Waals surface area contributed by atoms with E-state index in [1.54, 1.807) is 17.6 Å². The van der Waals surface area contributed by atoms with E-state index >= 15 is 0 Å². The molecule has 12 nitrogen and oxygen atoms in total. The molecule has 0 bridgehead atoms. The number of carbonyl (C=O) groups is 3. The molecule has 0 saturated heterocycles. The van der Waals surface area contributed by atoms with Crippen molar-refractivity contribution < 1.29 is 43.9 Å². The lowest BCUT2D eigenvalue weighted by atomic mass is 9.43. The number of fused-ring (bicyclic) bond motifs is 10. The van der Waals surface area contributed by atoms with Crippen LogP contribution in [-0.2, 0) is 47.3 Å². The van der Waals surface area contributed by atoms with Crippen LogP contribution < -0.4 is 5.56 Å². The Labute approximate surface area is 338 Å². The normalized spacial score (nSPS) is 36.4. The summed E-state index contributed by atoms with van der Waals surface area (Å²) in [6.45, 7) is 7.65. The lowest BCUT2D eigenvalue weighted by molar-refractivity contribution is -0.207. The first-order valence-electron chi connectivity index (χ1n) is 21.4. The number of aliphatic hydroxyl groups is 3. The molecule has 58 heavy (non-hydrogen) atoms. The molecule has 2 aliphatic heterocycles. The van der Waals surface area contributed by atoms with E-state index in [1.807, 2.05) is 30.3 Å². The van der Waals surface area contributed by atoms with Gasteiger partial charge in [0.1, 0.15) is 6.61 Å². The lowest BCUT2D eigenvalue weighted by Gasteiger charge is -2.63. The summed E-state index contributed by atoms with van der Waals surface area (Å²) >= 11 is 0. The molecule has 2 aromatic heterocycles. The number of nitrogens with zero attached hydrogens (tertiary/aromatic N) is 2. The third-order valence-corrected chi connectivity index (χ3v) is 16.3. The van der Waals surface area contributed by atoms with Crippen molar-refractivity contribution in [3.05, 3.63) is 63.4 Å². The van der Waals surface area contributed by atoms with E-state index in [1.165, 1.54) is 0 Å². The molecule has 9 rings (SSSR count). The Kier molecular flexibility index (Phi) is 9.67. The standard InChI is InChI=1S/C46H56N2O10/c1-5-46(32-19-35-41-26(16-25-8-6-7-9-34(25)47-41)21-48(35)42(54)29(32)22-57-43(46)55)58-39(53)23-56-38(52)13-10-24(2)30-11-12-31-40-33(20-37(51)45(30,31)4)44(3)15-14-28(49)17-27(44)18-36(40)50/h6-9,16,19,24,27-28,30-31,33,36-37,40,49-51H,5,10-15,17-18,20-23H2,1-4H3/t24-,27?,28?,30?,31?,33?,36?,37?,40?,44?,45?,46+/m1/s1. The highest BCUT2D eigenvalue weighted by atomic mass is 16.6. The number of aromatic nitrogens is 2. The lowest BCUT2D eigenvalue weighted by Crippen LogP contribution is -2.62. The maximum Gasteiger partial charge on any atom is 0.355 e. The van der Waals surface area contributed by atoms with Crippen LogP contribution in [0.2, 0.25) is 0 Å². The monoisotopic (exact) mass is 796 g/mol. The third-order valence-electron chi connectivity index (χ3n) is 16.3. The molecule has 6 aliphatic rings. The molecule has 0 spiro atoms. The Morgan fingerprint density at radius 1 is 1.02 bits per heavy atom. The summed E-state index contributed by atoms with van der Waals surface area (Å²) in [5.41, 5.74) is 0.616. The Morgan fingerprint density at radius 2 is 1.81 bits per heavy atom. The van der Waals surface area contributed by atoms with Gasteiger partial charge < -0.3 is 34.1 Å². The Morgan fingerprint density at radius 3 is 2.60 bits per heavy atom. The van der Waals surface area contributed by atoms with E-state index < -0.39 is 47.7 Å². The summed E-state index contributed by atoms with van der Waals surface area (Å²) < 4.78 is 18.3. The van der Waals surface area contributed by atoms with Gasteiger partial charge >= 0.3 is 17.9 Å². The number of para-hydroxylation sites is 1. The number of aliphatic hydroxyl groups excluding tert-OH is 3. The van der Waals surface area contributed by atoms with Gasteiger partial charge in [0.05, 0.1) is 47.3 Å². The molecule has 4 saturated carbocycles. The number of cyclic esters (lactones) is 1. The molecule has 12 atom stereocenters. The van der Waals surface area contributed by atoms with Crippen molar-refractivity contribution in [3.63, 3.8) is 0 Å². The van der Waals surface area contributed by atoms with Crippen molar-refractivity contribution in [1.82, 2.24) is 9.55 Å². The quantitative estimate of drug-likeness (QED) is 0.151. The number of esters is 3. The van der Waals surface area contributed by atoms with Gasteiger partial charge in [0.25, 0.3) is 5.56 Å². The second kappa shape index (κ2) is 14.3. The molecule has 310 valence electrons. The second-order valence-corrected chi connectivity index (χ2v) is 18.9. The summed E-state index contributed by atoms with van der Waals surface area (Å²) in [6.07, 6.45) is 4.81. The van der Waals surface area contributed by atoms with Gasteiger partial charge in [-0.3, -0.25) is 9.59 Å². The first kappa shape index (κ1) is 39.3. The van der Waals surface area contributed by atoms with Gasteiger partial charge in [0.2, 0.25) is 5.60 Å². The fourth-order valence-corrected chi connectivity index (χ4v) is 13.2. The summed E-state index contributed by atoms with van der Waals surface area (Å²) in [6, 6.07) is 11.4. The Hall–Kier alpha value is -4.13. The molecule has 4 fully saturated rings. The number of benzene rings is 1. The van der Waals surface area contributed by atoms with Crippen molar-refractivity contribution >= 4 is 28.8 Å². The molecule has 3 N–H and O–H groups in total. The number of hydrogen-bond acceptors (Lipinski definition) is 11. The van der Waals surface area contributed by atoms with Crippen molar-refractivity contribution in [2.45, 2.75) is 129 Å². The zero-order valence-corrected chi connectivity index (χ0v) is 33.9. The topological polar surface area (TPSA) is 174 Å². The fourth-order valence-electron chi connectivity index (χ4n) is 13.2. The molecule has 4 aliphatic carbocycles. The summed E-state index contributed by atoms with van der Waals surface area (Å²) in [7, 11) is 0. The van der Waals surface area contributed by atoms with E-state index in [9.17, 15) is 34.5 Å². The maximum atomic E-state index is 13.9. The molecule has 1 aromatic carbocycles. The smallest absolute Gasteiger partial charge is 0.355 e. The van der Waals surface area contributed by atoms with E-state index in [0.29, 0.717) is 37.2 Å². The van der Waals surface area contributed by atoms with Crippen LogP contribution in [0.25, 0.3) is 22.3 Å². The largest absolute Gasteiger partial charge is 0.457 e. The van der Waals surface area contributed by atoms with Crippen molar-refractivity contribution in [2.75, 3.05) is 6.61 Å². The van der Waals surface area contributed by atoms with Crippen molar-refractivity contribution in [2.24, 2.45) is 46.3 Å². The molecule has 0 amide bonds. The molecule has 0 radical (unpaired) electrons. The van der Waals surface area contributed by atoms with Crippen LogP contribution in [0.5, 0.6) is 0 Å². The molecular formula is C46H56N2O10. The van der Waals surface area contributed by atoms with Crippen LogP contribution >= 0.6 is 0 Å². The van der Waals surface area contributed by atoms with Crippen LogP contribution in [0.15, 0.2) is 41.2 Å². The van der Waals surface area contributed by atoms with Gasteiger partial charge in [-0.15, -0.1) is 0 Å². The average molecular weight is 797 g/mol. The molecule has 4 heterocycles. The van der Waals surface area contributed by atoms with E-state index in [4.69, 9.17) is 19.2 Å². The maximum absolute atomic E-state index is 13.9. The first-order chi connectivity index (χ1) is 27.7. The molecule has 10 unspecified atom stereocenters. The molecular weight excluding hydrogens is 741 g/mol. The summed E-state index contributed by atoms with van der Waals surface area (Å²) in [4.78, 5) is 58.7. The predicted molar refractivity (Wildman–Crippen MR) is 212 cm³/mol. The average Bonchev–Trinajstić information content (AvgIpc) is 3.75. The number of carbonyl (C=O) groups excluding carboxylic acids is 3. The summed E-state index contributed by atoms with van der Waals surface area (Å²) in [5, 5.41) is 34.9. The van der Waals surface area contributed by atoms with Crippen molar-refractivity contribution in [1.29, 1.82) is 0 Å². The van der Waals surface area contributed by atoms with Crippen LogP contribution in [0.3, 0.4) is 0 Å². The first-order valence-corrected chi connectivity index (χ1v) is 21.4. The van der Waals surface area contributed by atoms with Crippen LogP contribution in [0, 0.1) is 46.3 Å². The highest BCUT2D eigenvalue weighted by Crippen LogP contribution is 2.68. The highest BCUT2D eigenvalue weighted by molar-refractivity contribution is 5.89. The SMILES string of the molecule is CC[C@@]1(OC(=O)COC(=O)CC[C@@H](C)C2CCC3C4C(O)CC5CC(O)CCC5(C)C4CC(O)C32C)C(=O)OCc2c1cc1n(c2=O)Cc2cc3ccccc3nc2-1. The minimum atomic E-state index is -1.91. The Balaban J connectivity index is 0.853. The fraction of sp³-hybridized carbons (Fsp3) is 0.630. The predicted octanol–water partition coefficient (Wildman–Crippen LogP) is 5.55. The number of hydrogen-bond donors (Lipinski definition) is 3. The number of pyridine rings is 2. The van der Waals surface area contributed by atoms with Gasteiger partial charge in [-0.25, -0.2) is 14.6 Å². The van der Waals surface area contributed by atoms with Gasteiger partial charge in [0, 0.05) is 22.9 Å². The second-order valence-electron chi connectivity index (χ2n) is 18.9. The van der Waals surface area contributed by atoms with E-state index in [2.05, 4.69) is 20.8 Å². The van der Waals surface area contributed by atoms with E-state index in [0.717, 1.165) is 48.6 Å². The third kappa shape index (κ3) is 5.90. The van der Waals surface area contributed by atoms with Crippen LogP contribution in [0.1, 0.15) is 109 Å². The highest BCUT2D eigenvalue weighted by Gasteiger charge is 2.65. The zero-order valence-electron chi connectivity index (χ0n) is 33.9. The van der Waals surface area contributed by atoms with Gasteiger partial charge in [-0.1, -0.05) is 45.9 Å². The van der Waals surface area contributed by atoms with E-state index in [-0.39, 0.29) is 83.2 Å². The zero-order chi connectivity index (χ0) is 40.9. The van der Waals surface area contributed by atoms with Gasteiger partial charge in [-0.2, -0.15) is 0 Å². The van der Waals surface area contributed by atoms with Crippen LogP contribution in [0.4, 0.5) is 0 Å². The van der Waals surface area contributed by atoms with Crippen molar-refractivity contribution in [3.8, 4) is 11.4 Å².